The van der Waals surface area contributed by atoms with Gasteiger partial charge in [0.05, 0.1) is 11.0 Å². The fourth-order valence-electron chi connectivity index (χ4n) is 3.67. The number of benzene rings is 2. The number of anilines is 1. The average Bonchev–Trinajstić information content (AvgIpc) is 3.04. The van der Waals surface area contributed by atoms with Gasteiger partial charge in [0.1, 0.15) is 6.54 Å². The Morgan fingerprint density at radius 1 is 1.08 bits per heavy atom. The fourth-order valence-corrected chi connectivity index (χ4v) is 3.67. The lowest BCUT2D eigenvalue weighted by atomic mass is 10.1. The number of para-hydroxylation sites is 3. The molecule has 1 aliphatic rings. The number of rotatable bonds is 2. The van der Waals surface area contributed by atoms with Crippen molar-refractivity contribution in [1.29, 1.82) is 0 Å². The van der Waals surface area contributed by atoms with Crippen LogP contribution in [0.5, 0.6) is 0 Å². The van der Waals surface area contributed by atoms with Gasteiger partial charge in [-0.15, -0.1) is 0 Å². The third-order valence-corrected chi connectivity index (χ3v) is 4.82. The van der Waals surface area contributed by atoms with Crippen LogP contribution >= 0.6 is 0 Å². The summed E-state index contributed by atoms with van der Waals surface area (Å²) < 4.78 is 3.15. The van der Waals surface area contributed by atoms with Crippen LogP contribution in [0.1, 0.15) is 12.5 Å². The van der Waals surface area contributed by atoms with Crippen LogP contribution in [0.4, 0.5) is 5.69 Å². The summed E-state index contributed by atoms with van der Waals surface area (Å²) in [6, 6.07) is 15.6. The quantitative estimate of drug-likeness (QED) is 0.727. The Bertz CT molecular complexity index is 999. The molecular weight excluding hydrogens is 302 g/mol. The van der Waals surface area contributed by atoms with Crippen molar-refractivity contribution in [3.05, 3.63) is 64.6 Å². The van der Waals surface area contributed by atoms with Crippen LogP contribution in [-0.4, -0.2) is 21.1 Å². The molecular formula is C19H19N3O2. The molecule has 0 aliphatic carbocycles. The van der Waals surface area contributed by atoms with Crippen LogP contribution in [0.25, 0.3) is 11.0 Å². The van der Waals surface area contributed by atoms with Gasteiger partial charge in [0, 0.05) is 18.8 Å². The number of aryl methyl sites for hydroxylation is 1. The minimum absolute atomic E-state index is 0.0501. The Kier molecular flexibility index (Phi) is 3.30. The zero-order valence-electron chi connectivity index (χ0n) is 13.8. The summed E-state index contributed by atoms with van der Waals surface area (Å²) in [4.78, 5) is 27.3. The van der Waals surface area contributed by atoms with E-state index in [0.717, 1.165) is 23.1 Å². The first kappa shape index (κ1) is 14.8. The number of carbonyl (C=O) groups is 1. The van der Waals surface area contributed by atoms with Crippen LogP contribution in [0.3, 0.4) is 0 Å². The highest BCUT2D eigenvalue weighted by Crippen LogP contribution is 2.32. The predicted molar refractivity (Wildman–Crippen MR) is 94.3 cm³/mol. The van der Waals surface area contributed by atoms with Crippen LogP contribution in [0, 0.1) is 0 Å². The summed E-state index contributed by atoms with van der Waals surface area (Å²) in [5.74, 6) is -0.0501. The van der Waals surface area contributed by atoms with Gasteiger partial charge in [-0.1, -0.05) is 30.3 Å². The molecule has 1 aliphatic heterocycles. The molecule has 2 aromatic carbocycles. The van der Waals surface area contributed by atoms with Gasteiger partial charge >= 0.3 is 5.69 Å². The number of fused-ring (bicyclic) bond motifs is 2. The van der Waals surface area contributed by atoms with Crippen molar-refractivity contribution in [2.24, 2.45) is 7.05 Å². The van der Waals surface area contributed by atoms with Crippen molar-refractivity contribution in [1.82, 2.24) is 9.13 Å². The number of hydrogen-bond donors (Lipinski definition) is 0. The number of imidazole rings is 1. The molecule has 4 rings (SSSR count). The van der Waals surface area contributed by atoms with Gasteiger partial charge in [-0.05, 0) is 37.1 Å². The van der Waals surface area contributed by atoms with Crippen LogP contribution in [0.15, 0.2) is 53.3 Å². The Labute approximate surface area is 139 Å². The minimum atomic E-state index is -0.162. The molecule has 0 fully saturated rings. The maximum absolute atomic E-state index is 12.9. The molecule has 0 bridgehead atoms. The van der Waals surface area contributed by atoms with Crippen molar-refractivity contribution in [2.45, 2.75) is 25.9 Å². The second-order valence-corrected chi connectivity index (χ2v) is 6.36. The lowest BCUT2D eigenvalue weighted by Crippen LogP contribution is -2.40. The second-order valence-electron chi connectivity index (χ2n) is 6.36. The van der Waals surface area contributed by atoms with E-state index in [1.54, 1.807) is 16.2 Å². The van der Waals surface area contributed by atoms with E-state index in [1.807, 2.05) is 54.3 Å². The summed E-state index contributed by atoms with van der Waals surface area (Å²) in [7, 11) is 1.74. The highest BCUT2D eigenvalue weighted by Gasteiger charge is 2.31. The lowest BCUT2D eigenvalue weighted by molar-refractivity contribution is -0.119. The SMILES string of the molecule is CC1Cc2ccccc2N1C(=O)Cn1c(=O)n(C)c2ccccc21. The number of amides is 1. The summed E-state index contributed by atoms with van der Waals surface area (Å²) in [6.45, 7) is 2.10. The van der Waals surface area contributed by atoms with Crippen molar-refractivity contribution < 1.29 is 4.79 Å². The van der Waals surface area contributed by atoms with Gasteiger partial charge in [0.2, 0.25) is 5.91 Å². The van der Waals surface area contributed by atoms with Crippen LogP contribution in [-0.2, 0) is 24.8 Å². The normalized spacial score (nSPS) is 16.6. The van der Waals surface area contributed by atoms with Gasteiger partial charge in [-0.25, -0.2) is 4.79 Å². The molecule has 1 atom stereocenters. The summed E-state index contributed by atoms with van der Waals surface area (Å²) in [5, 5.41) is 0. The van der Waals surface area contributed by atoms with E-state index in [4.69, 9.17) is 0 Å². The highest BCUT2D eigenvalue weighted by molar-refractivity contribution is 5.96. The highest BCUT2D eigenvalue weighted by atomic mass is 16.2. The lowest BCUT2D eigenvalue weighted by Gasteiger charge is -2.23. The fraction of sp³-hybridized carbons (Fsp3) is 0.263. The maximum atomic E-state index is 12.9. The summed E-state index contributed by atoms with van der Waals surface area (Å²) >= 11 is 0. The molecule has 3 aromatic rings. The second kappa shape index (κ2) is 5.37. The molecule has 0 saturated carbocycles. The van der Waals surface area contributed by atoms with Crippen molar-refractivity contribution in [2.75, 3.05) is 4.90 Å². The maximum Gasteiger partial charge on any atom is 0.329 e. The molecule has 24 heavy (non-hydrogen) atoms. The first-order chi connectivity index (χ1) is 11.6. The van der Waals surface area contributed by atoms with Crippen LogP contribution < -0.4 is 10.6 Å². The van der Waals surface area contributed by atoms with E-state index >= 15 is 0 Å². The van der Waals surface area contributed by atoms with E-state index < -0.39 is 0 Å². The Hall–Kier alpha value is -2.82. The molecule has 122 valence electrons. The molecule has 0 saturated heterocycles. The van der Waals surface area contributed by atoms with Gasteiger partial charge in [0.15, 0.2) is 0 Å². The molecule has 0 spiro atoms. The molecule has 2 heterocycles. The van der Waals surface area contributed by atoms with Gasteiger partial charge in [-0.3, -0.25) is 13.9 Å². The van der Waals surface area contributed by atoms with E-state index in [2.05, 4.69) is 6.07 Å². The molecule has 0 radical (unpaired) electrons. The number of aromatic nitrogens is 2. The zero-order chi connectivity index (χ0) is 16.8. The molecule has 5 heteroatoms. The number of hydrogen-bond acceptors (Lipinski definition) is 2. The van der Waals surface area contributed by atoms with E-state index in [0.29, 0.717) is 0 Å². The smallest absolute Gasteiger partial charge is 0.307 e. The molecule has 1 unspecified atom stereocenters. The van der Waals surface area contributed by atoms with Crippen molar-refractivity contribution >= 4 is 22.6 Å². The van der Waals surface area contributed by atoms with E-state index in [9.17, 15) is 9.59 Å². The van der Waals surface area contributed by atoms with Gasteiger partial charge in [0.25, 0.3) is 0 Å². The minimum Gasteiger partial charge on any atom is -0.307 e. The third kappa shape index (κ3) is 2.08. The Morgan fingerprint density at radius 2 is 1.75 bits per heavy atom. The first-order valence-electron chi connectivity index (χ1n) is 8.12. The molecule has 5 nitrogen and oxygen atoms in total. The Morgan fingerprint density at radius 3 is 2.54 bits per heavy atom. The number of carbonyl (C=O) groups excluding carboxylic acids is 1. The van der Waals surface area contributed by atoms with Crippen LogP contribution in [0.2, 0.25) is 0 Å². The summed E-state index contributed by atoms with van der Waals surface area (Å²) in [5.41, 5.74) is 3.61. The largest absolute Gasteiger partial charge is 0.329 e. The van der Waals surface area contributed by atoms with E-state index in [1.165, 1.54) is 5.56 Å². The van der Waals surface area contributed by atoms with E-state index in [-0.39, 0.29) is 24.2 Å². The molecule has 1 aromatic heterocycles. The number of nitrogens with zero attached hydrogens (tertiary/aromatic N) is 3. The molecule has 0 N–H and O–H groups in total. The first-order valence-corrected chi connectivity index (χ1v) is 8.12. The zero-order valence-corrected chi connectivity index (χ0v) is 13.8. The van der Waals surface area contributed by atoms with Crippen molar-refractivity contribution in [3.63, 3.8) is 0 Å². The van der Waals surface area contributed by atoms with Gasteiger partial charge < -0.3 is 4.90 Å². The standard InChI is InChI=1S/C19H19N3O2/c1-13-11-14-7-3-4-8-15(14)22(13)18(23)12-21-17-10-6-5-9-16(17)20(2)19(21)24/h3-10,13H,11-12H2,1-2H3. The Balaban J connectivity index is 1.74. The predicted octanol–water partition coefficient (Wildman–Crippen LogP) is 2.32. The average molecular weight is 321 g/mol. The monoisotopic (exact) mass is 321 g/mol. The summed E-state index contributed by atoms with van der Waals surface area (Å²) in [6.07, 6.45) is 0.854. The van der Waals surface area contributed by atoms with Crippen molar-refractivity contribution in [3.8, 4) is 0 Å². The third-order valence-electron chi connectivity index (χ3n) is 4.82. The molecule has 1 amide bonds. The topological polar surface area (TPSA) is 47.2 Å². The van der Waals surface area contributed by atoms with Gasteiger partial charge in [-0.2, -0.15) is 0 Å².